The van der Waals surface area contributed by atoms with Crippen LogP contribution in [-0.2, 0) is 10.5 Å². The van der Waals surface area contributed by atoms with Gasteiger partial charge in [0.2, 0.25) is 0 Å². The van der Waals surface area contributed by atoms with Gasteiger partial charge < -0.3 is 9.84 Å². The maximum atomic E-state index is 13.6. The maximum Gasteiger partial charge on any atom is 0.335 e. The normalized spacial score (nSPS) is 16.7. The number of carboxylic acids is 1. The van der Waals surface area contributed by atoms with E-state index in [1.54, 1.807) is 11.8 Å². The maximum absolute atomic E-state index is 13.6. The molecule has 1 aromatic rings. The first-order chi connectivity index (χ1) is 8.66. The molecule has 1 fully saturated rings. The number of thioether (sulfide) groups is 1. The van der Waals surface area contributed by atoms with Gasteiger partial charge in [0.25, 0.3) is 0 Å². The lowest BCUT2D eigenvalue weighted by Crippen LogP contribution is -2.17. The zero-order valence-corrected chi connectivity index (χ0v) is 10.7. The first-order valence-electron chi connectivity index (χ1n) is 5.88. The number of carboxylic acid groups (broad SMARTS) is 1. The molecule has 1 aliphatic heterocycles. The minimum Gasteiger partial charge on any atom is -0.478 e. The minimum atomic E-state index is -1.02. The molecular weight excluding hydrogens is 255 g/mol. The zero-order chi connectivity index (χ0) is 13.0. The Morgan fingerprint density at radius 2 is 2.17 bits per heavy atom. The van der Waals surface area contributed by atoms with E-state index >= 15 is 0 Å². The predicted molar refractivity (Wildman–Crippen MR) is 68.5 cm³/mol. The molecule has 0 saturated carbocycles. The van der Waals surface area contributed by atoms with Gasteiger partial charge in [0.15, 0.2) is 0 Å². The third kappa shape index (κ3) is 3.46. The highest BCUT2D eigenvalue weighted by Gasteiger charge is 2.15. The summed E-state index contributed by atoms with van der Waals surface area (Å²) in [7, 11) is 0. The quantitative estimate of drug-likeness (QED) is 0.913. The standard InChI is InChI=1S/C13H15FO3S/c14-12-2-1-9(13(15)16)7-10(12)8-18-11-3-5-17-6-4-11/h1-2,7,11H,3-6,8H2,(H,15,16). The van der Waals surface area contributed by atoms with Crippen LogP contribution in [0.4, 0.5) is 4.39 Å². The Morgan fingerprint density at radius 3 is 2.83 bits per heavy atom. The molecule has 0 aromatic heterocycles. The summed E-state index contributed by atoms with van der Waals surface area (Å²) in [5.74, 6) is -0.843. The highest BCUT2D eigenvalue weighted by molar-refractivity contribution is 7.99. The van der Waals surface area contributed by atoms with Crippen LogP contribution in [0.25, 0.3) is 0 Å². The van der Waals surface area contributed by atoms with E-state index in [0.717, 1.165) is 26.1 Å². The van der Waals surface area contributed by atoms with Gasteiger partial charge in [-0.3, -0.25) is 0 Å². The van der Waals surface area contributed by atoms with E-state index in [0.29, 0.717) is 16.6 Å². The summed E-state index contributed by atoms with van der Waals surface area (Å²) in [5.41, 5.74) is 0.602. The highest BCUT2D eigenvalue weighted by Crippen LogP contribution is 2.27. The van der Waals surface area contributed by atoms with Crippen molar-refractivity contribution in [3.05, 3.63) is 35.1 Å². The van der Waals surface area contributed by atoms with Gasteiger partial charge in [-0.2, -0.15) is 11.8 Å². The Hall–Kier alpha value is -1.07. The van der Waals surface area contributed by atoms with Crippen molar-refractivity contribution >= 4 is 17.7 Å². The molecule has 18 heavy (non-hydrogen) atoms. The van der Waals surface area contributed by atoms with E-state index in [1.165, 1.54) is 18.2 Å². The average Bonchev–Trinajstić information content (AvgIpc) is 2.38. The molecule has 0 atom stereocenters. The van der Waals surface area contributed by atoms with Crippen molar-refractivity contribution in [1.82, 2.24) is 0 Å². The fourth-order valence-electron chi connectivity index (χ4n) is 1.87. The molecule has 1 heterocycles. The van der Waals surface area contributed by atoms with Crippen LogP contribution in [0.5, 0.6) is 0 Å². The molecule has 5 heteroatoms. The molecule has 1 N–H and O–H groups in total. The lowest BCUT2D eigenvalue weighted by Gasteiger charge is -2.21. The monoisotopic (exact) mass is 270 g/mol. The summed E-state index contributed by atoms with van der Waals surface area (Å²) in [6.45, 7) is 1.52. The SMILES string of the molecule is O=C(O)c1ccc(F)c(CSC2CCOCC2)c1. The van der Waals surface area contributed by atoms with Gasteiger partial charge in [-0.05, 0) is 36.6 Å². The van der Waals surface area contributed by atoms with Crippen LogP contribution in [0.3, 0.4) is 0 Å². The number of halogens is 1. The van der Waals surface area contributed by atoms with E-state index in [4.69, 9.17) is 9.84 Å². The lowest BCUT2D eigenvalue weighted by atomic mass is 10.1. The van der Waals surface area contributed by atoms with Crippen LogP contribution >= 0.6 is 11.8 Å². The van der Waals surface area contributed by atoms with Crippen molar-refractivity contribution in [3.8, 4) is 0 Å². The van der Waals surface area contributed by atoms with Gasteiger partial charge in [0, 0.05) is 24.2 Å². The molecule has 0 radical (unpaired) electrons. The lowest BCUT2D eigenvalue weighted by molar-refractivity contribution is 0.0696. The summed E-state index contributed by atoms with van der Waals surface area (Å²) >= 11 is 1.67. The van der Waals surface area contributed by atoms with E-state index in [1.807, 2.05) is 0 Å². The van der Waals surface area contributed by atoms with Crippen LogP contribution in [0.2, 0.25) is 0 Å². The van der Waals surface area contributed by atoms with E-state index in [-0.39, 0.29) is 11.4 Å². The van der Waals surface area contributed by atoms with Crippen molar-refractivity contribution in [3.63, 3.8) is 0 Å². The second-order valence-corrected chi connectivity index (χ2v) is 5.52. The van der Waals surface area contributed by atoms with Gasteiger partial charge in [0.05, 0.1) is 5.56 Å². The summed E-state index contributed by atoms with van der Waals surface area (Å²) in [4.78, 5) is 10.8. The molecule has 0 spiro atoms. The van der Waals surface area contributed by atoms with Crippen LogP contribution in [0.1, 0.15) is 28.8 Å². The molecule has 0 aliphatic carbocycles. The molecule has 98 valence electrons. The number of aromatic carboxylic acids is 1. The average molecular weight is 270 g/mol. The molecule has 1 aromatic carbocycles. The van der Waals surface area contributed by atoms with Crippen LogP contribution in [-0.4, -0.2) is 29.5 Å². The van der Waals surface area contributed by atoms with Crippen molar-refractivity contribution in [1.29, 1.82) is 0 Å². The molecule has 3 nitrogen and oxygen atoms in total. The predicted octanol–water partition coefficient (Wildman–Crippen LogP) is 2.94. The topological polar surface area (TPSA) is 46.5 Å². The van der Waals surface area contributed by atoms with Crippen LogP contribution in [0, 0.1) is 5.82 Å². The second-order valence-electron chi connectivity index (χ2n) is 4.23. The molecule has 1 saturated heterocycles. The van der Waals surface area contributed by atoms with Gasteiger partial charge in [-0.25, -0.2) is 9.18 Å². The molecule has 0 amide bonds. The molecular formula is C13H15FO3S. The fraction of sp³-hybridized carbons (Fsp3) is 0.462. The summed E-state index contributed by atoms with van der Waals surface area (Å²) < 4.78 is 18.8. The van der Waals surface area contributed by atoms with E-state index < -0.39 is 5.97 Å². The van der Waals surface area contributed by atoms with Crippen molar-refractivity contribution in [2.24, 2.45) is 0 Å². The molecule has 2 rings (SSSR count). The van der Waals surface area contributed by atoms with Gasteiger partial charge in [-0.1, -0.05) is 0 Å². The van der Waals surface area contributed by atoms with Crippen molar-refractivity contribution in [2.75, 3.05) is 13.2 Å². The molecule has 1 aliphatic rings. The number of rotatable bonds is 4. The smallest absolute Gasteiger partial charge is 0.335 e. The first-order valence-corrected chi connectivity index (χ1v) is 6.93. The number of carbonyl (C=O) groups is 1. The van der Waals surface area contributed by atoms with Crippen molar-refractivity contribution < 1.29 is 19.0 Å². The van der Waals surface area contributed by atoms with Gasteiger partial charge in [0.1, 0.15) is 5.82 Å². The summed E-state index contributed by atoms with van der Waals surface area (Å²) in [6, 6.07) is 3.94. The van der Waals surface area contributed by atoms with Crippen molar-refractivity contribution in [2.45, 2.75) is 23.8 Å². The third-order valence-electron chi connectivity index (χ3n) is 2.94. The minimum absolute atomic E-state index is 0.138. The first kappa shape index (κ1) is 13.4. The Balaban J connectivity index is 1.99. The number of ether oxygens (including phenoxy) is 1. The highest BCUT2D eigenvalue weighted by atomic mass is 32.2. The second kappa shape index (κ2) is 6.20. The summed E-state index contributed by atoms with van der Waals surface area (Å²) in [5, 5.41) is 9.35. The van der Waals surface area contributed by atoms with Gasteiger partial charge in [-0.15, -0.1) is 0 Å². The number of hydrogen-bond donors (Lipinski definition) is 1. The number of benzene rings is 1. The fourth-order valence-corrected chi connectivity index (χ4v) is 3.03. The zero-order valence-electron chi connectivity index (χ0n) is 9.89. The Morgan fingerprint density at radius 1 is 1.44 bits per heavy atom. The Bertz CT molecular complexity index is 430. The molecule has 0 bridgehead atoms. The van der Waals surface area contributed by atoms with E-state index in [2.05, 4.69) is 0 Å². The molecule has 0 unspecified atom stereocenters. The van der Waals surface area contributed by atoms with Gasteiger partial charge >= 0.3 is 5.97 Å². The summed E-state index contributed by atoms with van der Waals surface area (Å²) in [6.07, 6.45) is 1.95. The number of hydrogen-bond acceptors (Lipinski definition) is 3. The van der Waals surface area contributed by atoms with Crippen LogP contribution < -0.4 is 0 Å². The van der Waals surface area contributed by atoms with Crippen LogP contribution in [0.15, 0.2) is 18.2 Å². The largest absolute Gasteiger partial charge is 0.478 e. The Kier molecular flexibility index (Phi) is 4.60. The Labute approximate surface area is 109 Å². The third-order valence-corrected chi connectivity index (χ3v) is 4.36. The van der Waals surface area contributed by atoms with E-state index in [9.17, 15) is 9.18 Å².